The number of imidazole rings is 1. The van der Waals surface area contributed by atoms with Crippen LogP contribution in [-0.4, -0.2) is 30.4 Å². The van der Waals surface area contributed by atoms with Crippen LogP contribution >= 0.6 is 0 Å². The van der Waals surface area contributed by atoms with Crippen molar-refractivity contribution in [3.05, 3.63) is 120 Å². The smallest absolute Gasteiger partial charge is 0.270 e. The Labute approximate surface area is 276 Å². The number of aryl methyl sites for hydroxylation is 1. The first kappa shape index (κ1) is 31.6. The molecule has 3 N–H and O–H groups in total. The first-order valence-electron chi connectivity index (χ1n) is 16.5. The molecule has 7 rings (SSSR count). The number of fused-ring (bicyclic) bond motifs is 1. The minimum absolute atomic E-state index is 0.216. The van der Waals surface area contributed by atoms with Crippen LogP contribution in [0.1, 0.15) is 73.0 Å². The molecular formula is C39H41N7O. The van der Waals surface area contributed by atoms with Gasteiger partial charge in [0.2, 0.25) is 0 Å². The molecule has 0 radical (unpaired) electrons. The fourth-order valence-corrected chi connectivity index (χ4v) is 5.81. The molecule has 0 aliphatic heterocycles. The summed E-state index contributed by atoms with van der Waals surface area (Å²) in [5.74, 6) is 0.827. The van der Waals surface area contributed by atoms with Gasteiger partial charge in [0.05, 0.1) is 11.3 Å². The lowest BCUT2D eigenvalue weighted by Gasteiger charge is -2.12. The van der Waals surface area contributed by atoms with Crippen molar-refractivity contribution in [2.45, 2.75) is 64.8 Å². The van der Waals surface area contributed by atoms with Crippen molar-refractivity contribution in [1.82, 2.24) is 29.8 Å². The van der Waals surface area contributed by atoms with Crippen molar-refractivity contribution >= 4 is 22.9 Å². The van der Waals surface area contributed by atoms with E-state index in [4.69, 9.17) is 15.7 Å². The zero-order valence-electron chi connectivity index (χ0n) is 26.9. The Bertz CT molecular complexity index is 1890. The zero-order valence-corrected chi connectivity index (χ0v) is 26.9. The molecule has 0 unspecified atom stereocenters. The van der Waals surface area contributed by atoms with E-state index in [9.17, 15) is 4.79 Å². The molecule has 4 aromatic heterocycles. The van der Waals surface area contributed by atoms with E-state index in [1.54, 1.807) is 18.5 Å². The summed E-state index contributed by atoms with van der Waals surface area (Å²) in [4.78, 5) is 30.9. The molecular weight excluding hydrogens is 582 g/mol. The molecule has 0 saturated heterocycles. The van der Waals surface area contributed by atoms with Gasteiger partial charge in [-0.3, -0.25) is 14.3 Å². The Hall–Kier alpha value is -5.37. The lowest BCUT2D eigenvalue weighted by Crippen LogP contribution is -2.23. The van der Waals surface area contributed by atoms with Gasteiger partial charge in [0, 0.05) is 30.2 Å². The number of nitrogens with two attached hydrogens (primary N) is 1. The van der Waals surface area contributed by atoms with E-state index in [1.165, 1.54) is 51.4 Å². The highest BCUT2D eigenvalue weighted by Crippen LogP contribution is 2.31. The van der Waals surface area contributed by atoms with E-state index in [2.05, 4.69) is 15.3 Å². The van der Waals surface area contributed by atoms with Crippen LogP contribution in [0.25, 0.3) is 39.5 Å². The normalized spacial score (nSPS) is 13.2. The minimum Gasteiger partial charge on any atom is -0.383 e. The number of anilines is 1. The molecule has 1 amide bonds. The first-order valence-corrected chi connectivity index (χ1v) is 16.5. The number of aromatic nitrogens is 5. The SMILES string of the molecule is C1CCCCCCC1.Cc1ccc(C(=O)NCc2ccc(-n3c(-c4cccnc4N)nc4ccc(-c5ccccc5)nc43)cc2)nc1. The second-order valence-corrected chi connectivity index (χ2v) is 12.0. The van der Waals surface area contributed by atoms with Crippen molar-refractivity contribution in [1.29, 1.82) is 0 Å². The van der Waals surface area contributed by atoms with Crippen LogP contribution in [0.3, 0.4) is 0 Å². The van der Waals surface area contributed by atoms with Gasteiger partial charge in [0.1, 0.15) is 17.0 Å². The third-order valence-electron chi connectivity index (χ3n) is 8.45. The molecule has 8 heteroatoms. The van der Waals surface area contributed by atoms with Crippen LogP contribution in [0, 0.1) is 6.92 Å². The number of nitrogen functional groups attached to an aromatic ring is 1. The summed E-state index contributed by atoms with van der Waals surface area (Å²) in [7, 11) is 0. The summed E-state index contributed by atoms with van der Waals surface area (Å²) in [6, 6.07) is 29.2. The van der Waals surface area contributed by atoms with E-state index >= 15 is 0 Å². The largest absolute Gasteiger partial charge is 0.383 e. The van der Waals surface area contributed by atoms with Gasteiger partial charge in [-0.25, -0.2) is 15.0 Å². The van der Waals surface area contributed by atoms with E-state index < -0.39 is 0 Å². The summed E-state index contributed by atoms with van der Waals surface area (Å²) in [6.07, 6.45) is 15.3. The number of nitrogens with one attached hydrogen (secondary N) is 1. The number of rotatable bonds is 6. The molecule has 238 valence electrons. The van der Waals surface area contributed by atoms with Gasteiger partial charge in [-0.15, -0.1) is 0 Å². The van der Waals surface area contributed by atoms with Crippen molar-refractivity contribution in [3.8, 4) is 28.3 Å². The lowest BCUT2D eigenvalue weighted by molar-refractivity contribution is 0.0946. The van der Waals surface area contributed by atoms with Gasteiger partial charge in [0.15, 0.2) is 11.5 Å². The van der Waals surface area contributed by atoms with Gasteiger partial charge >= 0.3 is 0 Å². The predicted molar refractivity (Wildman–Crippen MR) is 189 cm³/mol. The molecule has 0 bridgehead atoms. The quantitative estimate of drug-likeness (QED) is 0.192. The molecule has 47 heavy (non-hydrogen) atoms. The molecule has 8 nitrogen and oxygen atoms in total. The van der Waals surface area contributed by atoms with E-state index in [0.717, 1.165) is 39.2 Å². The van der Waals surface area contributed by atoms with Crippen molar-refractivity contribution in [2.75, 3.05) is 5.73 Å². The van der Waals surface area contributed by atoms with Crippen LogP contribution in [0.2, 0.25) is 0 Å². The molecule has 6 aromatic rings. The van der Waals surface area contributed by atoms with E-state index in [1.807, 2.05) is 96.4 Å². The first-order chi connectivity index (χ1) is 23.1. The van der Waals surface area contributed by atoms with Gasteiger partial charge < -0.3 is 11.1 Å². The Morgan fingerprint density at radius 1 is 0.766 bits per heavy atom. The number of hydrogen-bond acceptors (Lipinski definition) is 6. The molecule has 1 aliphatic carbocycles. The summed E-state index contributed by atoms with van der Waals surface area (Å²) in [6.45, 7) is 2.31. The van der Waals surface area contributed by atoms with Crippen LogP contribution < -0.4 is 11.1 Å². The van der Waals surface area contributed by atoms with Gasteiger partial charge in [0.25, 0.3) is 5.91 Å². The second-order valence-electron chi connectivity index (χ2n) is 12.0. The molecule has 0 atom stereocenters. The lowest BCUT2D eigenvalue weighted by atomic mass is 10.0. The minimum atomic E-state index is -0.216. The highest BCUT2D eigenvalue weighted by molar-refractivity contribution is 5.92. The van der Waals surface area contributed by atoms with E-state index in [-0.39, 0.29) is 5.91 Å². The summed E-state index contributed by atoms with van der Waals surface area (Å²) < 4.78 is 1.99. The third kappa shape index (κ3) is 7.90. The topological polar surface area (TPSA) is 112 Å². The average molecular weight is 624 g/mol. The number of hydrogen-bond donors (Lipinski definition) is 2. The molecule has 0 spiro atoms. The van der Waals surface area contributed by atoms with Crippen LogP contribution in [-0.2, 0) is 6.54 Å². The zero-order chi connectivity index (χ0) is 32.4. The Balaban J connectivity index is 0.000000424. The van der Waals surface area contributed by atoms with E-state index in [0.29, 0.717) is 29.5 Å². The van der Waals surface area contributed by atoms with Gasteiger partial charge in [-0.05, 0) is 60.5 Å². The number of nitrogens with zero attached hydrogens (tertiary/aromatic N) is 5. The molecule has 2 aromatic carbocycles. The Morgan fingerprint density at radius 2 is 1.47 bits per heavy atom. The predicted octanol–water partition coefficient (Wildman–Crippen LogP) is 8.49. The van der Waals surface area contributed by atoms with Crippen molar-refractivity contribution in [3.63, 3.8) is 0 Å². The fourth-order valence-electron chi connectivity index (χ4n) is 5.81. The maximum atomic E-state index is 12.5. The average Bonchev–Trinajstić information content (AvgIpc) is 3.47. The molecule has 1 fully saturated rings. The maximum Gasteiger partial charge on any atom is 0.270 e. The maximum absolute atomic E-state index is 12.5. The fraction of sp³-hybridized carbons (Fsp3) is 0.256. The number of benzene rings is 2. The summed E-state index contributed by atoms with van der Waals surface area (Å²) in [5, 5.41) is 2.93. The van der Waals surface area contributed by atoms with Crippen molar-refractivity contribution < 1.29 is 4.79 Å². The highest BCUT2D eigenvalue weighted by atomic mass is 16.1. The van der Waals surface area contributed by atoms with Gasteiger partial charge in [-0.1, -0.05) is 99.9 Å². The third-order valence-corrected chi connectivity index (χ3v) is 8.45. The molecule has 1 aliphatic rings. The Kier molecular flexibility index (Phi) is 10.3. The number of carbonyl (C=O) groups is 1. The standard InChI is InChI=1S/C31H25N7O.C8H16/c1-20-9-14-27(34-18-20)31(39)35-19-21-10-12-23(13-11-21)38-29(24-8-5-17-33-28(24)32)37-26-16-15-25(36-30(26)38)22-6-3-2-4-7-22;1-2-4-6-8-7-5-3-1/h2-18H,19H2,1H3,(H2,32,33)(H,35,39);1-8H2. The molecule has 4 heterocycles. The van der Waals surface area contributed by atoms with Crippen molar-refractivity contribution in [2.24, 2.45) is 0 Å². The second kappa shape index (κ2) is 15.3. The summed E-state index contributed by atoms with van der Waals surface area (Å²) >= 11 is 0. The highest BCUT2D eigenvalue weighted by Gasteiger charge is 2.19. The Morgan fingerprint density at radius 3 is 2.11 bits per heavy atom. The number of carbonyl (C=O) groups excluding carboxylic acids is 1. The summed E-state index contributed by atoms with van der Waals surface area (Å²) in [5.41, 5.74) is 13.5. The van der Waals surface area contributed by atoms with Crippen LogP contribution in [0.4, 0.5) is 5.82 Å². The number of pyridine rings is 3. The van der Waals surface area contributed by atoms with Crippen LogP contribution in [0.15, 0.2) is 103 Å². The molecule has 1 saturated carbocycles. The number of amides is 1. The van der Waals surface area contributed by atoms with Gasteiger partial charge in [-0.2, -0.15) is 0 Å². The monoisotopic (exact) mass is 623 g/mol. The van der Waals surface area contributed by atoms with Crippen LogP contribution in [0.5, 0.6) is 0 Å².